The molecule has 23 heavy (non-hydrogen) atoms. The van der Waals surface area contributed by atoms with Crippen molar-refractivity contribution in [2.45, 2.75) is 18.9 Å². The smallest absolute Gasteiger partial charge is 0.321 e. The number of piperidine rings is 1. The Morgan fingerprint density at radius 2 is 2.22 bits per heavy atom. The van der Waals surface area contributed by atoms with E-state index in [1.807, 2.05) is 0 Å². The number of carbonyl (C=O) groups is 1. The summed E-state index contributed by atoms with van der Waals surface area (Å²) in [5.41, 5.74) is 0.438. The highest BCUT2D eigenvalue weighted by atomic mass is 19.1. The molecule has 0 radical (unpaired) electrons. The van der Waals surface area contributed by atoms with Crippen LogP contribution in [0.3, 0.4) is 0 Å². The van der Waals surface area contributed by atoms with Crippen LogP contribution >= 0.6 is 0 Å². The average molecular weight is 318 g/mol. The van der Waals surface area contributed by atoms with Gasteiger partial charge in [-0.1, -0.05) is 6.07 Å². The Morgan fingerprint density at radius 1 is 1.43 bits per heavy atom. The first-order valence-corrected chi connectivity index (χ1v) is 7.62. The van der Waals surface area contributed by atoms with E-state index in [9.17, 15) is 14.3 Å². The Hall–Kier alpha value is -2.41. The van der Waals surface area contributed by atoms with Gasteiger partial charge in [0.05, 0.1) is 0 Å². The topological polar surface area (TPSA) is 81.2 Å². The summed E-state index contributed by atoms with van der Waals surface area (Å²) in [6, 6.07) is 5.56. The number of H-pyrrole nitrogens is 1. The molecule has 1 atom stereocenters. The van der Waals surface area contributed by atoms with Crippen molar-refractivity contribution in [1.29, 1.82) is 0 Å². The molecule has 2 amide bonds. The fraction of sp³-hybridized carbons (Fsp3) is 0.375. The zero-order valence-corrected chi connectivity index (χ0v) is 12.6. The number of amides is 2. The van der Waals surface area contributed by atoms with Crippen LogP contribution in [0.4, 0.5) is 14.9 Å². The fourth-order valence-electron chi connectivity index (χ4n) is 2.85. The number of anilines is 1. The van der Waals surface area contributed by atoms with E-state index in [-0.39, 0.29) is 17.8 Å². The minimum Gasteiger partial charge on any atom is -0.385 e. The Labute approximate surface area is 133 Å². The second-order valence-corrected chi connectivity index (χ2v) is 5.68. The van der Waals surface area contributed by atoms with Gasteiger partial charge in [0.15, 0.2) is 0 Å². The SMILES string of the molecule is O=C(Nc1cccc(F)c1)N1CCC(C(O)c2ncc[nH]2)CC1. The van der Waals surface area contributed by atoms with Crippen molar-refractivity contribution in [3.05, 3.63) is 48.3 Å². The molecule has 2 aromatic rings. The number of imidazole rings is 1. The van der Waals surface area contributed by atoms with E-state index in [0.29, 0.717) is 37.4 Å². The lowest BCUT2D eigenvalue weighted by Crippen LogP contribution is -2.42. The maximum Gasteiger partial charge on any atom is 0.321 e. The molecule has 2 heterocycles. The monoisotopic (exact) mass is 318 g/mol. The van der Waals surface area contributed by atoms with Gasteiger partial charge >= 0.3 is 6.03 Å². The number of likely N-dealkylation sites (tertiary alicyclic amines) is 1. The molecule has 3 N–H and O–H groups in total. The molecule has 0 saturated carbocycles. The summed E-state index contributed by atoms with van der Waals surface area (Å²) in [4.78, 5) is 20.9. The maximum atomic E-state index is 13.1. The lowest BCUT2D eigenvalue weighted by molar-refractivity contribution is 0.0625. The van der Waals surface area contributed by atoms with Gasteiger partial charge < -0.3 is 20.3 Å². The summed E-state index contributed by atoms with van der Waals surface area (Å²) in [5.74, 6) is 0.245. The Kier molecular flexibility index (Phi) is 4.57. The number of urea groups is 1. The highest BCUT2D eigenvalue weighted by Gasteiger charge is 2.29. The zero-order chi connectivity index (χ0) is 16.2. The molecule has 0 aliphatic carbocycles. The molecule has 1 unspecified atom stereocenters. The summed E-state index contributed by atoms with van der Waals surface area (Å²) in [6.45, 7) is 1.09. The summed E-state index contributed by atoms with van der Waals surface area (Å²) in [6.07, 6.45) is 4.04. The summed E-state index contributed by atoms with van der Waals surface area (Å²) < 4.78 is 13.1. The predicted molar refractivity (Wildman–Crippen MR) is 83.3 cm³/mol. The van der Waals surface area contributed by atoms with Crippen molar-refractivity contribution < 1.29 is 14.3 Å². The second-order valence-electron chi connectivity index (χ2n) is 5.68. The number of carbonyl (C=O) groups excluding carboxylic acids is 1. The van der Waals surface area contributed by atoms with Gasteiger partial charge in [-0.25, -0.2) is 14.2 Å². The van der Waals surface area contributed by atoms with Crippen molar-refractivity contribution in [1.82, 2.24) is 14.9 Å². The number of nitrogens with zero attached hydrogens (tertiary/aromatic N) is 2. The van der Waals surface area contributed by atoms with E-state index in [0.717, 1.165) is 0 Å². The van der Waals surface area contributed by atoms with Gasteiger partial charge in [0.1, 0.15) is 17.7 Å². The second kappa shape index (κ2) is 6.78. The highest BCUT2D eigenvalue weighted by molar-refractivity contribution is 5.89. The van der Waals surface area contributed by atoms with Crippen molar-refractivity contribution in [2.75, 3.05) is 18.4 Å². The standard InChI is InChI=1S/C16H19FN4O2/c17-12-2-1-3-13(10-12)20-16(23)21-8-4-11(5-9-21)14(22)15-18-6-7-19-15/h1-3,6-7,10-11,14,22H,4-5,8-9H2,(H,18,19)(H,20,23). The van der Waals surface area contributed by atoms with E-state index in [2.05, 4.69) is 15.3 Å². The maximum absolute atomic E-state index is 13.1. The fourth-order valence-corrected chi connectivity index (χ4v) is 2.85. The summed E-state index contributed by atoms with van der Waals surface area (Å²) in [5, 5.41) is 13.0. The molecule has 3 rings (SSSR count). The molecular formula is C16H19FN4O2. The number of halogens is 1. The lowest BCUT2D eigenvalue weighted by atomic mass is 9.91. The molecule has 122 valence electrons. The number of aliphatic hydroxyl groups is 1. The van der Waals surface area contributed by atoms with Gasteiger partial charge in [0.2, 0.25) is 0 Å². The number of rotatable bonds is 3. The largest absolute Gasteiger partial charge is 0.385 e. The van der Waals surface area contributed by atoms with Crippen LogP contribution < -0.4 is 5.32 Å². The van der Waals surface area contributed by atoms with E-state index in [4.69, 9.17) is 0 Å². The van der Waals surface area contributed by atoms with Crippen LogP contribution in [-0.2, 0) is 0 Å². The van der Waals surface area contributed by atoms with Gasteiger partial charge in [-0.2, -0.15) is 0 Å². The van der Waals surface area contributed by atoms with E-state index in [1.165, 1.54) is 12.1 Å². The average Bonchev–Trinajstić information content (AvgIpc) is 3.09. The number of aromatic nitrogens is 2. The normalized spacial score (nSPS) is 17.0. The van der Waals surface area contributed by atoms with Gasteiger partial charge in [0.25, 0.3) is 0 Å². The number of hydrogen-bond donors (Lipinski definition) is 3. The first-order valence-electron chi connectivity index (χ1n) is 7.62. The highest BCUT2D eigenvalue weighted by Crippen LogP contribution is 2.29. The molecule has 1 aromatic carbocycles. The molecular weight excluding hydrogens is 299 g/mol. The first kappa shape index (κ1) is 15.5. The number of aromatic amines is 1. The van der Waals surface area contributed by atoms with Crippen LogP contribution in [0.1, 0.15) is 24.8 Å². The molecule has 1 aliphatic rings. The molecule has 6 nitrogen and oxygen atoms in total. The van der Waals surface area contributed by atoms with Gasteiger partial charge in [0, 0.05) is 31.2 Å². The number of nitrogens with one attached hydrogen (secondary N) is 2. The number of benzene rings is 1. The lowest BCUT2D eigenvalue weighted by Gasteiger charge is -2.33. The van der Waals surface area contributed by atoms with Crippen LogP contribution in [-0.4, -0.2) is 39.1 Å². The minimum atomic E-state index is -0.640. The molecule has 1 fully saturated rings. The van der Waals surface area contributed by atoms with Crippen molar-refractivity contribution in [2.24, 2.45) is 5.92 Å². The number of hydrogen-bond acceptors (Lipinski definition) is 3. The zero-order valence-electron chi connectivity index (χ0n) is 12.6. The molecule has 1 aromatic heterocycles. The van der Waals surface area contributed by atoms with Crippen LogP contribution in [0.25, 0.3) is 0 Å². The van der Waals surface area contributed by atoms with Crippen LogP contribution in [0, 0.1) is 11.7 Å². The Balaban J connectivity index is 1.53. The van der Waals surface area contributed by atoms with E-state index < -0.39 is 6.10 Å². The molecule has 1 aliphatic heterocycles. The van der Waals surface area contributed by atoms with Crippen molar-refractivity contribution >= 4 is 11.7 Å². The van der Waals surface area contributed by atoms with E-state index >= 15 is 0 Å². The van der Waals surface area contributed by atoms with Gasteiger partial charge in [-0.05, 0) is 37.0 Å². The molecule has 0 spiro atoms. The quantitative estimate of drug-likeness (QED) is 0.813. The third kappa shape index (κ3) is 3.68. The van der Waals surface area contributed by atoms with Crippen molar-refractivity contribution in [3.8, 4) is 0 Å². The van der Waals surface area contributed by atoms with Crippen molar-refractivity contribution in [3.63, 3.8) is 0 Å². The first-order chi connectivity index (χ1) is 11.1. The van der Waals surface area contributed by atoms with E-state index in [1.54, 1.807) is 29.4 Å². The van der Waals surface area contributed by atoms with Crippen LogP contribution in [0.2, 0.25) is 0 Å². The van der Waals surface area contributed by atoms with Crippen LogP contribution in [0.15, 0.2) is 36.7 Å². The van der Waals surface area contributed by atoms with Gasteiger partial charge in [-0.3, -0.25) is 0 Å². The Morgan fingerprint density at radius 3 is 2.87 bits per heavy atom. The molecule has 0 bridgehead atoms. The molecule has 1 saturated heterocycles. The Bertz CT molecular complexity index is 654. The minimum absolute atomic E-state index is 0.0689. The van der Waals surface area contributed by atoms with Gasteiger partial charge in [-0.15, -0.1) is 0 Å². The third-order valence-corrected chi connectivity index (χ3v) is 4.15. The number of aliphatic hydroxyl groups excluding tert-OH is 1. The van der Waals surface area contributed by atoms with Crippen LogP contribution in [0.5, 0.6) is 0 Å². The summed E-state index contributed by atoms with van der Waals surface area (Å²) >= 11 is 0. The molecule has 7 heteroatoms. The summed E-state index contributed by atoms with van der Waals surface area (Å²) in [7, 11) is 0. The predicted octanol–water partition coefficient (Wildman–Crippen LogP) is 2.53. The third-order valence-electron chi connectivity index (χ3n) is 4.15.